The fraction of sp³-hybridized carbons (Fsp3) is 0.545. The van der Waals surface area contributed by atoms with Crippen molar-refractivity contribution >= 4 is 34.8 Å². The first-order valence-corrected chi connectivity index (χ1v) is 11.1. The standard InChI is InChI=1S/C22H28FN3O4S/c1-4-30-22(28)16-19(27)14-9-15(23)18(25-8-7-12(10-25)11(2)24)20(29-3)17(14)26(21(16)31)13-5-6-13/h9,11-13,27H,4-8,10,24H2,1-3H3/t11-,12+/m1/s1. The highest BCUT2D eigenvalue weighted by atomic mass is 32.1. The molecular weight excluding hydrogens is 421 g/mol. The molecule has 0 amide bonds. The first-order valence-electron chi connectivity index (χ1n) is 10.6. The molecule has 2 aromatic rings. The van der Waals surface area contributed by atoms with Crippen molar-refractivity contribution in [2.24, 2.45) is 11.7 Å². The molecule has 168 valence electrons. The second-order valence-electron chi connectivity index (χ2n) is 8.34. The number of hydrogen-bond donors (Lipinski definition) is 2. The van der Waals surface area contributed by atoms with Crippen LogP contribution in [0, 0.1) is 16.4 Å². The van der Waals surface area contributed by atoms with Crippen LogP contribution in [0.25, 0.3) is 10.9 Å². The molecule has 4 rings (SSSR count). The van der Waals surface area contributed by atoms with Crippen LogP contribution in [0.3, 0.4) is 0 Å². The SMILES string of the molecule is CCOC(=O)c1c(O)c2cc(F)c(N3CC[C@H]([C@@H](C)N)C3)c(OC)c2n(C2CC2)c1=S. The number of benzene rings is 1. The summed E-state index contributed by atoms with van der Waals surface area (Å²) in [6.45, 7) is 5.05. The van der Waals surface area contributed by atoms with Crippen molar-refractivity contribution in [3.05, 3.63) is 22.1 Å². The number of esters is 1. The van der Waals surface area contributed by atoms with Gasteiger partial charge in [-0.2, -0.15) is 0 Å². The number of carbonyl (C=O) groups excluding carboxylic acids is 1. The zero-order chi connectivity index (χ0) is 22.4. The van der Waals surface area contributed by atoms with E-state index in [-0.39, 0.29) is 45.9 Å². The lowest BCUT2D eigenvalue weighted by Gasteiger charge is -2.26. The molecule has 0 bridgehead atoms. The summed E-state index contributed by atoms with van der Waals surface area (Å²) >= 11 is 5.61. The topological polar surface area (TPSA) is 90.0 Å². The normalized spacial score (nSPS) is 19.6. The van der Waals surface area contributed by atoms with Gasteiger partial charge in [0.05, 0.1) is 19.2 Å². The van der Waals surface area contributed by atoms with Crippen LogP contribution in [0.15, 0.2) is 6.07 Å². The van der Waals surface area contributed by atoms with Crippen molar-refractivity contribution in [2.75, 3.05) is 31.7 Å². The van der Waals surface area contributed by atoms with Gasteiger partial charge in [-0.3, -0.25) is 0 Å². The van der Waals surface area contributed by atoms with Crippen molar-refractivity contribution in [1.29, 1.82) is 0 Å². The number of hydrogen-bond acceptors (Lipinski definition) is 7. The molecule has 0 radical (unpaired) electrons. The lowest BCUT2D eigenvalue weighted by molar-refractivity contribution is 0.0521. The van der Waals surface area contributed by atoms with Gasteiger partial charge in [-0.1, -0.05) is 12.2 Å². The number of rotatable bonds is 6. The highest BCUT2D eigenvalue weighted by Crippen LogP contribution is 2.48. The third-order valence-electron chi connectivity index (χ3n) is 6.23. The van der Waals surface area contributed by atoms with Gasteiger partial charge in [-0.15, -0.1) is 0 Å². The molecule has 1 aliphatic heterocycles. The molecule has 31 heavy (non-hydrogen) atoms. The predicted octanol–water partition coefficient (Wildman–Crippen LogP) is 3.91. The molecule has 2 fully saturated rings. The van der Waals surface area contributed by atoms with Gasteiger partial charge in [-0.05, 0) is 45.1 Å². The summed E-state index contributed by atoms with van der Waals surface area (Å²) < 4.78 is 28.2. The molecular formula is C22H28FN3O4S. The molecule has 1 saturated carbocycles. The maximum absolute atomic E-state index is 15.4. The Morgan fingerprint density at radius 2 is 2.13 bits per heavy atom. The van der Waals surface area contributed by atoms with Gasteiger partial charge in [0.15, 0.2) is 11.6 Å². The predicted molar refractivity (Wildman–Crippen MR) is 119 cm³/mol. The van der Waals surface area contributed by atoms with Crippen molar-refractivity contribution in [3.8, 4) is 11.5 Å². The number of ether oxygens (including phenoxy) is 2. The number of pyridine rings is 1. The Bertz CT molecular complexity index is 1100. The number of nitrogens with two attached hydrogens (primary N) is 1. The molecule has 2 heterocycles. The number of halogens is 1. The Hall–Kier alpha value is -2.39. The van der Waals surface area contributed by atoms with Crippen LogP contribution in [0.4, 0.5) is 10.1 Å². The van der Waals surface area contributed by atoms with Crippen LogP contribution >= 0.6 is 12.2 Å². The fourth-order valence-electron chi connectivity index (χ4n) is 4.46. The summed E-state index contributed by atoms with van der Waals surface area (Å²) in [4.78, 5) is 14.5. The lowest BCUT2D eigenvalue weighted by atomic mass is 10.0. The molecule has 2 aliphatic rings. The summed E-state index contributed by atoms with van der Waals surface area (Å²) in [5.74, 6) is -1.06. The number of aromatic hydroxyl groups is 1. The highest BCUT2D eigenvalue weighted by Gasteiger charge is 2.35. The molecule has 1 aromatic heterocycles. The van der Waals surface area contributed by atoms with Crippen molar-refractivity contribution < 1.29 is 23.8 Å². The Balaban J connectivity index is 1.99. The summed E-state index contributed by atoms with van der Waals surface area (Å²) in [5.41, 5.74) is 6.80. The van der Waals surface area contributed by atoms with E-state index >= 15 is 4.39 Å². The largest absolute Gasteiger partial charge is 0.506 e. The van der Waals surface area contributed by atoms with E-state index in [0.29, 0.717) is 30.0 Å². The van der Waals surface area contributed by atoms with Crippen LogP contribution in [0.1, 0.15) is 49.5 Å². The molecule has 1 saturated heterocycles. The minimum atomic E-state index is -0.718. The Kier molecular flexibility index (Phi) is 5.83. The number of aromatic nitrogens is 1. The number of methoxy groups -OCH3 is 1. The Labute approximate surface area is 185 Å². The van der Waals surface area contributed by atoms with E-state index < -0.39 is 11.8 Å². The van der Waals surface area contributed by atoms with Crippen molar-refractivity contribution in [1.82, 2.24) is 4.57 Å². The van der Waals surface area contributed by atoms with E-state index in [4.69, 9.17) is 27.4 Å². The third-order valence-corrected chi connectivity index (χ3v) is 6.63. The molecule has 3 N–H and O–H groups in total. The molecule has 7 nitrogen and oxygen atoms in total. The quantitative estimate of drug-likeness (QED) is 0.510. The average Bonchev–Trinajstić information content (AvgIpc) is 3.43. The minimum absolute atomic E-state index is 0.00587. The van der Waals surface area contributed by atoms with Crippen LogP contribution in [-0.4, -0.2) is 48.5 Å². The second-order valence-corrected chi connectivity index (χ2v) is 8.73. The van der Waals surface area contributed by atoms with Crippen LogP contribution in [-0.2, 0) is 4.74 Å². The molecule has 1 aromatic carbocycles. The van der Waals surface area contributed by atoms with Crippen LogP contribution < -0.4 is 15.4 Å². The van der Waals surface area contributed by atoms with E-state index in [2.05, 4.69) is 0 Å². The maximum atomic E-state index is 15.4. The van der Waals surface area contributed by atoms with Crippen LogP contribution in [0.2, 0.25) is 0 Å². The maximum Gasteiger partial charge on any atom is 0.344 e. The van der Waals surface area contributed by atoms with Gasteiger partial charge in [0.25, 0.3) is 0 Å². The van der Waals surface area contributed by atoms with Crippen molar-refractivity contribution in [3.63, 3.8) is 0 Å². The fourth-order valence-corrected chi connectivity index (χ4v) is 4.88. The van der Waals surface area contributed by atoms with E-state index in [1.54, 1.807) is 6.92 Å². The summed E-state index contributed by atoms with van der Waals surface area (Å²) in [5, 5.41) is 11.1. The summed E-state index contributed by atoms with van der Waals surface area (Å²) in [7, 11) is 1.48. The van der Waals surface area contributed by atoms with Crippen LogP contribution in [0.5, 0.6) is 11.5 Å². The van der Waals surface area contributed by atoms with Gasteiger partial charge < -0.3 is 29.8 Å². The monoisotopic (exact) mass is 449 g/mol. The smallest absolute Gasteiger partial charge is 0.344 e. The Morgan fingerprint density at radius 1 is 1.42 bits per heavy atom. The van der Waals surface area contributed by atoms with E-state index in [0.717, 1.165) is 19.3 Å². The number of fused-ring (bicyclic) bond motifs is 1. The van der Waals surface area contributed by atoms with E-state index in [9.17, 15) is 9.90 Å². The van der Waals surface area contributed by atoms with E-state index in [1.807, 2.05) is 16.4 Å². The number of anilines is 1. The van der Waals surface area contributed by atoms with Gasteiger partial charge >= 0.3 is 5.97 Å². The first kappa shape index (κ1) is 21.8. The van der Waals surface area contributed by atoms with E-state index in [1.165, 1.54) is 13.2 Å². The Morgan fingerprint density at radius 3 is 2.68 bits per heavy atom. The second kappa shape index (κ2) is 8.27. The summed E-state index contributed by atoms with van der Waals surface area (Å²) in [6.07, 6.45) is 2.62. The average molecular weight is 450 g/mol. The third kappa shape index (κ3) is 3.63. The first-order chi connectivity index (χ1) is 14.8. The molecule has 0 spiro atoms. The van der Waals surface area contributed by atoms with Gasteiger partial charge in [-0.25, -0.2) is 9.18 Å². The molecule has 0 unspecified atom stereocenters. The number of carbonyl (C=O) groups is 1. The molecule has 2 atom stereocenters. The molecule has 1 aliphatic carbocycles. The summed E-state index contributed by atoms with van der Waals surface area (Å²) in [6, 6.07) is 1.33. The number of nitrogens with zero attached hydrogens (tertiary/aromatic N) is 2. The van der Waals surface area contributed by atoms with Gasteiger partial charge in [0.2, 0.25) is 0 Å². The lowest BCUT2D eigenvalue weighted by Crippen LogP contribution is -2.30. The highest BCUT2D eigenvalue weighted by molar-refractivity contribution is 7.71. The van der Waals surface area contributed by atoms with Crippen molar-refractivity contribution in [2.45, 2.75) is 45.2 Å². The zero-order valence-corrected chi connectivity index (χ0v) is 18.8. The minimum Gasteiger partial charge on any atom is -0.506 e. The molecule has 9 heteroatoms. The van der Waals surface area contributed by atoms with Gasteiger partial charge in [0.1, 0.15) is 21.6 Å². The van der Waals surface area contributed by atoms with Gasteiger partial charge in [0, 0.05) is 30.6 Å². The zero-order valence-electron chi connectivity index (χ0n) is 18.0.